The largest absolute Gasteiger partial charge is 0.309 e. The van der Waals surface area contributed by atoms with Crippen molar-refractivity contribution in [3.8, 4) is 17.1 Å². The summed E-state index contributed by atoms with van der Waals surface area (Å²) in [6.07, 6.45) is 3.84. The zero-order valence-corrected chi connectivity index (χ0v) is 24.3. The molecule has 4 nitrogen and oxygen atoms in total. The van der Waals surface area contributed by atoms with E-state index in [0.717, 1.165) is 16.9 Å². The molecule has 210 valence electrons. The highest BCUT2D eigenvalue weighted by atomic mass is 15.0. The Balaban J connectivity index is 1.17. The van der Waals surface area contributed by atoms with E-state index in [0.29, 0.717) is 0 Å². The van der Waals surface area contributed by atoms with Crippen molar-refractivity contribution >= 4 is 65.4 Å². The summed E-state index contributed by atoms with van der Waals surface area (Å²) < 4.78 is 7.12. The van der Waals surface area contributed by atoms with Gasteiger partial charge >= 0.3 is 0 Å². The normalized spacial score (nSPS) is 12.0. The van der Waals surface area contributed by atoms with E-state index >= 15 is 0 Å². The maximum Gasteiger partial charge on any atom is 0.0571 e. The fourth-order valence-corrected chi connectivity index (χ4v) is 7.42. The number of hydrogen-bond donors (Lipinski definition) is 0. The predicted octanol–water partition coefficient (Wildman–Crippen LogP) is 10.4. The zero-order valence-electron chi connectivity index (χ0n) is 24.3. The smallest absolute Gasteiger partial charge is 0.0571 e. The van der Waals surface area contributed by atoms with E-state index in [1.807, 2.05) is 12.4 Å². The molecule has 0 saturated carbocycles. The van der Waals surface area contributed by atoms with Crippen molar-refractivity contribution in [2.45, 2.75) is 0 Å². The molecule has 0 unspecified atom stereocenters. The lowest BCUT2D eigenvalue weighted by atomic mass is 10.1. The van der Waals surface area contributed by atoms with Crippen molar-refractivity contribution in [1.29, 1.82) is 0 Å². The summed E-state index contributed by atoms with van der Waals surface area (Å²) in [6, 6.07) is 52.6. The van der Waals surface area contributed by atoms with Crippen LogP contribution < -0.4 is 0 Å². The first kappa shape index (κ1) is 24.3. The summed E-state index contributed by atoms with van der Waals surface area (Å²) in [5, 5.41) is 7.41. The van der Waals surface area contributed by atoms with Gasteiger partial charge in [0.15, 0.2) is 0 Å². The molecule has 0 amide bonds. The molecule has 0 saturated heterocycles. The van der Waals surface area contributed by atoms with Gasteiger partial charge in [0.2, 0.25) is 0 Å². The van der Waals surface area contributed by atoms with E-state index in [9.17, 15) is 0 Å². The van der Waals surface area contributed by atoms with E-state index in [4.69, 9.17) is 0 Å². The first-order chi connectivity index (χ1) is 22.3. The van der Waals surface area contributed by atoms with Gasteiger partial charge in [-0.2, -0.15) is 0 Å². The van der Waals surface area contributed by atoms with Crippen LogP contribution in [0.1, 0.15) is 0 Å². The molecular formula is C41H26N4. The molecule has 10 aromatic rings. The Kier molecular flexibility index (Phi) is 4.96. The summed E-state index contributed by atoms with van der Waals surface area (Å²) >= 11 is 0. The molecule has 0 N–H and O–H groups in total. The number of rotatable bonds is 3. The Morgan fingerprint density at radius 1 is 0.311 bits per heavy atom. The molecule has 4 heteroatoms. The van der Waals surface area contributed by atoms with Gasteiger partial charge < -0.3 is 13.7 Å². The number of benzene rings is 6. The van der Waals surface area contributed by atoms with Crippen molar-refractivity contribution in [3.05, 3.63) is 158 Å². The van der Waals surface area contributed by atoms with Crippen LogP contribution in [-0.4, -0.2) is 18.7 Å². The minimum Gasteiger partial charge on any atom is -0.309 e. The second-order valence-electron chi connectivity index (χ2n) is 11.7. The van der Waals surface area contributed by atoms with Crippen molar-refractivity contribution in [2.24, 2.45) is 0 Å². The number of nitrogens with zero attached hydrogens (tertiary/aromatic N) is 4. The van der Waals surface area contributed by atoms with E-state index in [2.05, 4.69) is 164 Å². The quantitative estimate of drug-likeness (QED) is 0.206. The summed E-state index contributed by atoms with van der Waals surface area (Å²) in [5.74, 6) is 0. The van der Waals surface area contributed by atoms with Crippen LogP contribution in [0.3, 0.4) is 0 Å². The molecule has 4 aromatic heterocycles. The van der Waals surface area contributed by atoms with Gasteiger partial charge in [0.05, 0.1) is 33.1 Å². The number of fused-ring (bicyclic) bond motifs is 9. The van der Waals surface area contributed by atoms with E-state index in [-0.39, 0.29) is 0 Å². The highest BCUT2D eigenvalue weighted by Gasteiger charge is 2.17. The van der Waals surface area contributed by atoms with Crippen LogP contribution in [0.2, 0.25) is 0 Å². The molecule has 0 bridgehead atoms. The molecule has 0 aliphatic carbocycles. The van der Waals surface area contributed by atoms with Crippen LogP contribution in [0, 0.1) is 0 Å². The summed E-state index contributed by atoms with van der Waals surface area (Å²) in [4.78, 5) is 4.41. The first-order valence-corrected chi connectivity index (χ1v) is 15.3. The third kappa shape index (κ3) is 3.39. The van der Waals surface area contributed by atoms with Crippen molar-refractivity contribution < 1.29 is 0 Å². The van der Waals surface area contributed by atoms with Gasteiger partial charge in [-0.1, -0.05) is 72.8 Å². The van der Waals surface area contributed by atoms with Crippen LogP contribution in [-0.2, 0) is 0 Å². The van der Waals surface area contributed by atoms with Crippen LogP contribution in [0.4, 0.5) is 0 Å². The average Bonchev–Trinajstić information content (AvgIpc) is 3.74. The monoisotopic (exact) mass is 574 g/mol. The summed E-state index contributed by atoms with van der Waals surface area (Å²) in [5.41, 5.74) is 10.6. The van der Waals surface area contributed by atoms with Gasteiger partial charge in [-0.05, 0) is 72.8 Å². The Bertz CT molecular complexity index is 2650. The lowest BCUT2D eigenvalue weighted by Crippen LogP contribution is -1.97. The zero-order chi connectivity index (χ0) is 29.5. The molecule has 0 radical (unpaired) electrons. The minimum absolute atomic E-state index is 1.13. The third-order valence-electron chi connectivity index (χ3n) is 9.33. The van der Waals surface area contributed by atoms with Crippen LogP contribution >= 0.6 is 0 Å². The highest BCUT2D eigenvalue weighted by molar-refractivity contribution is 6.12. The molecule has 0 spiro atoms. The molecule has 4 heterocycles. The minimum atomic E-state index is 1.13. The van der Waals surface area contributed by atoms with E-state index in [1.54, 1.807) is 0 Å². The predicted molar refractivity (Wildman–Crippen MR) is 187 cm³/mol. The maximum atomic E-state index is 4.41. The summed E-state index contributed by atoms with van der Waals surface area (Å²) in [7, 11) is 0. The average molecular weight is 575 g/mol. The molecule has 10 rings (SSSR count). The topological polar surface area (TPSA) is 27.7 Å². The van der Waals surface area contributed by atoms with E-state index < -0.39 is 0 Å². The molecule has 0 fully saturated rings. The molecule has 6 aromatic carbocycles. The van der Waals surface area contributed by atoms with Gasteiger partial charge in [0, 0.05) is 61.8 Å². The van der Waals surface area contributed by atoms with Crippen molar-refractivity contribution in [2.75, 3.05) is 0 Å². The second-order valence-corrected chi connectivity index (χ2v) is 11.7. The molecular weight excluding hydrogens is 548 g/mol. The van der Waals surface area contributed by atoms with E-state index in [1.165, 1.54) is 65.6 Å². The molecule has 0 atom stereocenters. The number of hydrogen-bond acceptors (Lipinski definition) is 1. The summed E-state index contributed by atoms with van der Waals surface area (Å²) in [6.45, 7) is 0. The van der Waals surface area contributed by atoms with Gasteiger partial charge in [-0.3, -0.25) is 4.98 Å². The van der Waals surface area contributed by atoms with Crippen LogP contribution in [0.5, 0.6) is 0 Å². The SMILES string of the molecule is c1ccc2c(c1)c1ccccc1n2-c1ccc2c(c1)c1ccccc1n2-c1ccc(-n2c3ccccc3c3cnccc32)cc1. The molecule has 45 heavy (non-hydrogen) atoms. The number of pyridine rings is 1. The first-order valence-electron chi connectivity index (χ1n) is 15.3. The van der Waals surface area contributed by atoms with Gasteiger partial charge in [-0.15, -0.1) is 0 Å². The molecule has 0 aliphatic rings. The Morgan fingerprint density at radius 2 is 0.689 bits per heavy atom. The van der Waals surface area contributed by atoms with Crippen LogP contribution in [0.15, 0.2) is 158 Å². The lowest BCUT2D eigenvalue weighted by molar-refractivity contribution is 1.14. The lowest BCUT2D eigenvalue weighted by Gasteiger charge is -2.12. The Morgan fingerprint density at radius 3 is 1.22 bits per heavy atom. The van der Waals surface area contributed by atoms with Gasteiger partial charge in [0.1, 0.15) is 0 Å². The number of aromatic nitrogens is 4. The standard InChI is InChI=1S/C41H26N4/c1-5-13-36-30(9-1)31-10-2-6-14-37(31)45(36)29-21-22-40-34(25-29)32-11-3-7-15-38(32)43(40)27-17-19-28(20-18-27)44-39-16-8-4-12-33(39)35-26-42-24-23-41(35)44/h1-26H. The number of para-hydroxylation sites is 4. The van der Waals surface area contributed by atoms with Crippen molar-refractivity contribution in [3.63, 3.8) is 0 Å². The Hall–Kier alpha value is -6.13. The molecule has 0 aliphatic heterocycles. The van der Waals surface area contributed by atoms with Gasteiger partial charge in [0.25, 0.3) is 0 Å². The highest BCUT2D eigenvalue weighted by Crippen LogP contribution is 2.37. The van der Waals surface area contributed by atoms with Gasteiger partial charge in [-0.25, -0.2) is 0 Å². The third-order valence-corrected chi connectivity index (χ3v) is 9.33. The fraction of sp³-hybridized carbons (Fsp3) is 0. The maximum absolute atomic E-state index is 4.41. The van der Waals surface area contributed by atoms with Crippen molar-refractivity contribution in [1.82, 2.24) is 18.7 Å². The Labute approximate surface area is 258 Å². The second kappa shape index (κ2) is 9.18. The van der Waals surface area contributed by atoms with Crippen LogP contribution in [0.25, 0.3) is 82.5 Å². The fourth-order valence-electron chi connectivity index (χ4n) is 7.42.